The largest absolute Gasteiger partial charge is 0.444 e. The molecule has 0 radical (unpaired) electrons. The Balaban J connectivity index is 2.18. The van der Waals surface area contributed by atoms with Crippen LogP contribution in [-0.4, -0.2) is 64.3 Å². The Kier molecular flexibility index (Phi) is 4.74. The monoisotopic (exact) mass is 329 g/mol. The average molecular weight is 329 g/mol. The fraction of sp³-hybridized carbons (Fsp3) is 0.941. The highest BCUT2D eigenvalue weighted by atomic mass is 16.6. The number of amides is 1. The van der Waals surface area contributed by atoms with Crippen LogP contribution in [0, 0.1) is 5.41 Å². The highest BCUT2D eigenvalue weighted by molar-refractivity contribution is 5.68. The van der Waals surface area contributed by atoms with Crippen LogP contribution in [0.15, 0.2) is 0 Å². The molecule has 2 fully saturated rings. The highest BCUT2D eigenvalue weighted by Gasteiger charge is 2.58. The van der Waals surface area contributed by atoms with E-state index in [1.807, 2.05) is 34.6 Å². The fourth-order valence-corrected chi connectivity index (χ4v) is 3.73. The molecule has 2 aliphatic rings. The van der Waals surface area contributed by atoms with Crippen molar-refractivity contribution in [1.29, 1.82) is 0 Å². The molecular formula is C17H31NO5. The zero-order chi connectivity index (χ0) is 17.5. The van der Waals surface area contributed by atoms with Crippen LogP contribution in [-0.2, 0) is 9.47 Å². The molecule has 2 aliphatic heterocycles. The van der Waals surface area contributed by atoms with Crippen LogP contribution in [0.3, 0.4) is 0 Å². The van der Waals surface area contributed by atoms with Gasteiger partial charge in [-0.05, 0) is 47.5 Å². The van der Waals surface area contributed by atoms with Crippen molar-refractivity contribution in [3.05, 3.63) is 0 Å². The maximum absolute atomic E-state index is 12.4. The van der Waals surface area contributed by atoms with Crippen molar-refractivity contribution in [3.8, 4) is 0 Å². The van der Waals surface area contributed by atoms with E-state index in [4.69, 9.17) is 9.47 Å². The first-order chi connectivity index (χ1) is 10.4. The summed E-state index contributed by atoms with van der Waals surface area (Å²) in [5.74, 6) is 0. The molecule has 6 nitrogen and oxygen atoms in total. The number of likely N-dealkylation sites (tertiary alicyclic amines) is 1. The lowest BCUT2D eigenvalue weighted by Gasteiger charge is -2.49. The normalized spacial score (nSPS) is 34.5. The Morgan fingerprint density at radius 2 is 2.00 bits per heavy atom. The predicted octanol–water partition coefficient (Wildman–Crippen LogP) is 1.93. The smallest absolute Gasteiger partial charge is 0.410 e. The van der Waals surface area contributed by atoms with Gasteiger partial charge in [0.05, 0.1) is 18.8 Å². The Labute approximate surface area is 138 Å². The van der Waals surface area contributed by atoms with Crippen molar-refractivity contribution in [2.75, 3.05) is 26.3 Å². The molecule has 1 amide bonds. The predicted molar refractivity (Wildman–Crippen MR) is 86.2 cm³/mol. The van der Waals surface area contributed by atoms with E-state index in [-0.39, 0.29) is 19.8 Å². The number of rotatable bonds is 2. The molecular weight excluding hydrogens is 298 g/mol. The summed E-state index contributed by atoms with van der Waals surface area (Å²) in [6, 6.07) is 0. The van der Waals surface area contributed by atoms with Crippen molar-refractivity contribution in [1.82, 2.24) is 4.90 Å². The second-order valence-electron chi connectivity index (χ2n) is 8.70. The highest BCUT2D eigenvalue weighted by Crippen LogP contribution is 2.48. The Bertz CT molecular complexity index is 458. The third-order valence-electron chi connectivity index (χ3n) is 4.94. The van der Waals surface area contributed by atoms with Gasteiger partial charge in [0.1, 0.15) is 11.2 Å². The topological polar surface area (TPSA) is 79.2 Å². The second kappa shape index (κ2) is 5.90. The van der Waals surface area contributed by atoms with Gasteiger partial charge in [-0.3, -0.25) is 0 Å². The van der Waals surface area contributed by atoms with Gasteiger partial charge in [-0.15, -0.1) is 0 Å². The van der Waals surface area contributed by atoms with Crippen molar-refractivity contribution in [2.45, 2.75) is 70.7 Å². The first kappa shape index (κ1) is 18.5. The van der Waals surface area contributed by atoms with E-state index < -0.39 is 28.3 Å². The van der Waals surface area contributed by atoms with Crippen molar-refractivity contribution < 1.29 is 24.5 Å². The van der Waals surface area contributed by atoms with E-state index in [1.54, 1.807) is 4.90 Å². The Hall–Kier alpha value is -0.850. The summed E-state index contributed by atoms with van der Waals surface area (Å²) in [6.45, 7) is 10.2. The summed E-state index contributed by atoms with van der Waals surface area (Å²) >= 11 is 0. The average Bonchev–Trinajstić information content (AvgIpc) is 2.72. The van der Waals surface area contributed by atoms with E-state index in [1.165, 1.54) is 0 Å². The summed E-state index contributed by atoms with van der Waals surface area (Å²) in [5, 5.41) is 21.2. The van der Waals surface area contributed by atoms with Gasteiger partial charge >= 0.3 is 6.09 Å². The van der Waals surface area contributed by atoms with Gasteiger partial charge in [-0.1, -0.05) is 0 Å². The molecule has 2 atom stereocenters. The maximum Gasteiger partial charge on any atom is 0.410 e. The molecule has 0 aromatic heterocycles. The van der Waals surface area contributed by atoms with Crippen LogP contribution in [0.4, 0.5) is 4.79 Å². The van der Waals surface area contributed by atoms with Crippen LogP contribution in [0.2, 0.25) is 0 Å². The first-order valence-electron chi connectivity index (χ1n) is 8.37. The SMILES string of the molecule is CC(C)(C)OC(=O)N1CCCC(CO)(C2(O)COC(C)(C)C2)C1. The van der Waals surface area contributed by atoms with Crippen LogP contribution < -0.4 is 0 Å². The van der Waals surface area contributed by atoms with E-state index in [0.29, 0.717) is 19.4 Å². The van der Waals surface area contributed by atoms with E-state index in [0.717, 1.165) is 6.42 Å². The third-order valence-corrected chi connectivity index (χ3v) is 4.94. The third kappa shape index (κ3) is 3.80. The first-order valence-corrected chi connectivity index (χ1v) is 8.37. The Morgan fingerprint density at radius 1 is 1.35 bits per heavy atom. The molecule has 0 spiro atoms. The second-order valence-corrected chi connectivity index (χ2v) is 8.70. The standard InChI is InChI=1S/C17H31NO5/c1-14(2,3)23-13(20)18-8-6-7-16(10-18,11-19)17(21)9-15(4,5)22-12-17/h19,21H,6-12H2,1-5H3. The van der Waals surface area contributed by atoms with Crippen LogP contribution in [0.1, 0.15) is 53.9 Å². The number of aliphatic hydroxyl groups excluding tert-OH is 1. The van der Waals surface area contributed by atoms with Gasteiger partial charge < -0.3 is 24.6 Å². The van der Waals surface area contributed by atoms with Crippen LogP contribution in [0.5, 0.6) is 0 Å². The summed E-state index contributed by atoms with van der Waals surface area (Å²) in [5.41, 5.74) is -2.89. The summed E-state index contributed by atoms with van der Waals surface area (Å²) in [6.07, 6.45) is 1.45. The number of hydrogen-bond donors (Lipinski definition) is 2. The van der Waals surface area contributed by atoms with Crippen LogP contribution in [0.25, 0.3) is 0 Å². The van der Waals surface area contributed by atoms with E-state index >= 15 is 0 Å². The van der Waals surface area contributed by atoms with Crippen LogP contribution >= 0.6 is 0 Å². The molecule has 134 valence electrons. The molecule has 2 rings (SSSR count). The zero-order valence-electron chi connectivity index (χ0n) is 15.0. The lowest BCUT2D eigenvalue weighted by molar-refractivity contribution is -0.137. The maximum atomic E-state index is 12.4. The molecule has 2 unspecified atom stereocenters. The number of carbonyl (C=O) groups excluding carboxylic acids is 1. The fourth-order valence-electron chi connectivity index (χ4n) is 3.73. The molecule has 0 bridgehead atoms. The quantitative estimate of drug-likeness (QED) is 0.809. The molecule has 2 N–H and O–H groups in total. The minimum Gasteiger partial charge on any atom is -0.444 e. The zero-order valence-corrected chi connectivity index (χ0v) is 15.0. The Morgan fingerprint density at radius 3 is 2.48 bits per heavy atom. The van der Waals surface area contributed by atoms with Gasteiger partial charge in [0, 0.05) is 24.9 Å². The minimum atomic E-state index is -1.13. The lowest BCUT2D eigenvalue weighted by Crippen LogP contribution is -2.61. The van der Waals surface area contributed by atoms with Crippen molar-refractivity contribution in [3.63, 3.8) is 0 Å². The van der Waals surface area contributed by atoms with Crippen molar-refractivity contribution in [2.24, 2.45) is 5.41 Å². The van der Waals surface area contributed by atoms with Gasteiger partial charge in [-0.2, -0.15) is 0 Å². The molecule has 23 heavy (non-hydrogen) atoms. The van der Waals surface area contributed by atoms with Gasteiger partial charge in [-0.25, -0.2) is 4.79 Å². The van der Waals surface area contributed by atoms with Gasteiger partial charge in [0.25, 0.3) is 0 Å². The number of piperidine rings is 1. The van der Waals surface area contributed by atoms with Gasteiger partial charge in [0.2, 0.25) is 0 Å². The molecule has 0 saturated carbocycles. The number of hydrogen-bond acceptors (Lipinski definition) is 5. The lowest BCUT2D eigenvalue weighted by atomic mass is 9.65. The molecule has 2 heterocycles. The molecule has 2 saturated heterocycles. The number of aliphatic hydroxyl groups is 2. The molecule has 0 aromatic rings. The molecule has 0 aromatic carbocycles. The van der Waals surface area contributed by atoms with E-state index in [9.17, 15) is 15.0 Å². The summed E-state index contributed by atoms with van der Waals surface area (Å²) in [7, 11) is 0. The summed E-state index contributed by atoms with van der Waals surface area (Å²) < 4.78 is 11.2. The molecule has 0 aliphatic carbocycles. The molecule has 6 heteroatoms. The summed E-state index contributed by atoms with van der Waals surface area (Å²) in [4.78, 5) is 14.0. The van der Waals surface area contributed by atoms with E-state index in [2.05, 4.69) is 0 Å². The minimum absolute atomic E-state index is 0.178. The number of ether oxygens (including phenoxy) is 2. The van der Waals surface area contributed by atoms with Gasteiger partial charge in [0.15, 0.2) is 0 Å². The number of nitrogens with zero attached hydrogens (tertiary/aromatic N) is 1. The number of carbonyl (C=O) groups is 1. The van der Waals surface area contributed by atoms with Crippen molar-refractivity contribution >= 4 is 6.09 Å².